The molecule has 4 nitrogen and oxygen atoms in total. The lowest BCUT2D eigenvalue weighted by Crippen LogP contribution is -2.35. The summed E-state index contributed by atoms with van der Waals surface area (Å²) in [5.74, 6) is 0.395. The van der Waals surface area contributed by atoms with E-state index in [9.17, 15) is 9.59 Å². The SMILES string of the molecule is CN(CCC(=O)NC1CC1)C(=O)[C@@H]1C[C@@]12CCCc1ccccc12. The van der Waals surface area contributed by atoms with Crippen LogP contribution in [0.2, 0.25) is 0 Å². The van der Waals surface area contributed by atoms with Crippen LogP contribution in [-0.2, 0) is 21.4 Å². The third-order valence-corrected chi connectivity index (χ3v) is 5.99. The van der Waals surface area contributed by atoms with Crippen LogP contribution in [0.15, 0.2) is 24.3 Å². The smallest absolute Gasteiger partial charge is 0.226 e. The van der Waals surface area contributed by atoms with E-state index in [1.807, 2.05) is 7.05 Å². The van der Waals surface area contributed by atoms with Crippen molar-refractivity contribution in [3.63, 3.8) is 0 Å². The average molecular weight is 326 g/mol. The number of carbonyl (C=O) groups excluding carboxylic acids is 2. The van der Waals surface area contributed by atoms with Crippen LogP contribution in [0.3, 0.4) is 0 Å². The molecule has 0 aliphatic heterocycles. The first-order valence-electron chi connectivity index (χ1n) is 9.23. The van der Waals surface area contributed by atoms with Crippen LogP contribution in [0.1, 0.15) is 49.7 Å². The predicted molar refractivity (Wildman–Crippen MR) is 92.6 cm³/mol. The van der Waals surface area contributed by atoms with Crippen molar-refractivity contribution in [2.45, 2.75) is 56.4 Å². The molecule has 1 aromatic rings. The Bertz CT molecular complexity index is 667. The van der Waals surface area contributed by atoms with Crippen LogP contribution in [0, 0.1) is 5.92 Å². The highest BCUT2D eigenvalue weighted by molar-refractivity contribution is 5.85. The number of nitrogens with one attached hydrogen (secondary N) is 1. The highest BCUT2D eigenvalue weighted by Crippen LogP contribution is 2.60. The Hall–Kier alpha value is -1.84. The molecule has 4 heteroatoms. The Morgan fingerprint density at radius 3 is 2.88 bits per heavy atom. The molecule has 0 aromatic heterocycles. The minimum Gasteiger partial charge on any atom is -0.353 e. The normalized spacial score (nSPS) is 27.5. The number of hydrogen-bond donors (Lipinski definition) is 1. The van der Waals surface area contributed by atoms with Crippen molar-refractivity contribution in [2.24, 2.45) is 5.92 Å². The second-order valence-electron chi connectivity index (χ2n) is 7.78. The average Bonchev–Trinajstić information content (AvgIpc) is 3.50. The van der Waals surface area contributed by atoms with E-state index in [-0.39, 0.29) is 23.1 Å². The van der Waals surface area contributed by atoms with Crippen LogP contribution < -0.4 is 5.32 Å². The molecule has 2 atom stereocenters. The summed E-state index contributed by atoms with van der Waals surface area (Å²) in [4.78, 5) is 26.4. The van der Waals surface area contributed by atoms with E-state index < -0.39 is 0 Å². The lowest BCUT2D eigenvalue weighted by atomic mass is 9.78. The number of hydrogen-bond acceptors (Lipinski definition) is 2. The van der Waals surface area contributed by atoms with Crippen LogP contribution in [0.4, 0.5) is 0 Å². The topological polar surface area (TPSA) is 49.4 Å². The molecule has 24 heavy (non-hydrogen) atoms. The fourth-order valence-electron chi connectivity index (χ4n) is 4.33. The third kappa shape index (κ3) is 2.83. The monoisotopic (exact) mass is 326 g/mol. The molecule has 2 fully saturated rings. The van der Waals surface area contributed by atoms with Gasteiger partial charge in [-0.3, -0.25) is 9.59 Å². The van der Waals surface area contributed by atoms with Gasteiger partial charge in [0.2, 0.25) is 11.8 Å². The Labute approximate surface area is 143 Å². The minimum absolute atomic E-state index is 0.0747. The second kappa shape index (κ2) is 5.91. The van der Waals surface area contributed by atoms with Crippen molar-refractivity contribution in [3.8, 4) is 0 Å². The molecule has 2 saturated carbocycles. The van der Waals surface area contributed by atoms with Gasteiger partial charge in [0, 0.05) is 37.4 Å². The molecule has 0 unspecified atom stereocenters. The minimum atomic E-state index is 0.0747. The number of aryl methyl sites for hydroxylation is 1. The van der Waals surface area contributed by atoms with Crippen molar-refractivity contribution in [1.29, 1.82) is 0 Å². The zero-order valence-corrected chi connectivity index (χ0v) is 14.4. The molecule has 3 aliphatic carbocycles. The number of fused-ring (bicyclic) bond motifs is 2. The molecular formula is C20H26N2O2. The lowest BCUT2D eigenvalue weighted by molar-refractivity contribution is -0.132. The van der Waals surface area contributed by atoms with E-state index in [1.54, 1.807) is 4.90 Å². The van der Waals surface area contributed by atoms with Crippen LogP contribution in [0.25, 0.3) is 0 Å². The van der Waals surface area contributed by atoms with E-state index in [0.29, 0.717) is 19.0 Å². The zero-order chi connectivity index (χ0) is 16.7. The highest BCUT2D eigenvalue weighted by atomic mass is 16.2. The Morgan fingerprint density at radius 2 is 2.08 bits per heavy atom. The zero-order valence-electron chi connectivity index (χ0n) is 14.4. The summed E-state index contributed by atoms with van der Waals surface area (Å²) in [6.07, 6.45) is 7.02. The Balaban J connectivity index is 1.37. The van der Waals surface area contributed by atoms with Gasteiger partial charge in [0.15, 0.2) is 0 Å². The van der Waals surface area contributed by atoms with Crippen molar-refractivity contribution < 1.29 is 9.59 Å². The van der Waals surface area contributed by atoms with Crippen LogP contribution >= 0.6 is 0 Å². The number of nitrogens with zero attached hydrogens (tertiary/aromatic N) is 1. The molecule has 1 spiro atoms. The van der Waals surface area contributed by atoms with Gasteiger partial charge in [0.25, 0.3) is 0 Å². The van der Waals surface area contributed by atoms with Crippen molar-refractivity contribution in [2.75, 3.05) is 13.6 Å². The van der Waals surface area contributed by atoms with Gasteiger partial charge in [-0.05, 0) is 49.7 Å². The van der Waals surface area contributed by atoms with Crippen LogP contribution in [0.5, 0.6) is 0 Å². The molecule has 0 radical (unpaired) electrons. The summed E-state index contributed by atoms with van der Waals surface area (Å²) >= 11 is 0. The lowest BCUT2D eigenvalue weighted by Gasteiger charge is -2.27. The first-order chi connectivity index (χ1) is 11.6. The first kappa shape index (κ1) is 15.7. The molecule has 2 amide bonds. The van der Waals surface area contributed by atoms with E-state index in [1.165, 1.54) is 17.5 Å². The molecule has 128 valence electrons. The maximum absolute atomic E-state index is 12.8. The van der Waals surface area contributed by atoms with Gasteiger partial charge in [-0.2, -0.15) is 0 Å². The molecule has 3 aliphatic rings. The summed E-state index contributed by atoms with van der Waals surface area (Å²) in [6, 6.07) is 9.01. The maximum Gasteiger partial charge on any atom is 0.226 e. The van der Waals surface area contributed by atoms with E-state index in [0.717, 1.165) is 32.1 Å². The van der Waals surface area contributed by atoms with Gasteiger partial charge in [-0.25, -0.2) is 0 Å². The highest BCUT2D eigenvalue weighted by Gasteiger charge is 2.60. The fraction of sp³-hybridized carbons (Fsp3) is 0.600. The third-order valence-electron chi connectivity index (χ3n) is 5.99. The van der Waals surface area contributed by atoms with Crippen molar-refractivity contribution in [3.05, 3.63) is 35.4 Å². The molecule has 1 N–H and O–H groups in total. The van der Waals surface area contributed by atoms with E-state index in [2.05, 4.69) is 29.6 Å². The predicted octanol–water partition coefficient (Wildman–Crippen LogP) is 2.41. The Kier molecular flexibility index (Phi) is 3.86. The van der Waals surface area contributed by atoms with Gasteiger partial charge in [0.05, 0.1) is 0 Å². The molecule has 1 aromatic carbocycles. The van der Waals surface area contributed by atoms with Gasteiger partial charge >= 0.3 is 0 Å². The summed E-state index contributed by atoms with van der Waals surface area (Å²) in [7, 11) is 1.84. The van der Waals surface area contributed by atoms with Crippen molar-refractivity contribution in [1.82, 2.24) is 10.2 Å². The summed E-state index contributed by atoms with van der Waals surface area (Å²) in [6.45, 7) is 0.519. The number of benzene rings is 1. The Morgan fingerprint density at radius 1 is 1.29 bits per heavy atom. The molecule has 0 saturated heterocycles. The van der Waals surface area contributed by atoms with Gasteiger partial charge < -0.3 is 10.2 Å². The maximum atomic E-state index is 12.8. The largest absolute Gasteiger partial charge is 0.353 e. The standard InChI is InChI=1S/C20H26N2O2/c1-22(12-10-18(23)21-15-8-9-15)19(24)17-13-20(17)11-4-6-14-5-2-3-7-16(14)20/h2-3,5,7,15,17H,4,6,8-13H2,1H3,(H,21,23)/t17-,20+/m0/s1. The van der Waals surface area contributed by atoms with E-state index in [4.69, 9.17) is 0 Å². The van der Waals surface area contributed by atoms with Gasteiger partial charge in [-0.1, -0.05) is 24.3 Å². The van der Waals surface area contributed by atoms with Crippen molar-refractivity contribution >= 4 is 11.8 Å². The fourth-order valence-corrected chi connectivity index (χ4v) is 4.33. The first-order valence-corrected chi connectivity index (χ1v) is 9.23. The second-order valence-corrected chi connectivity index (χ2v) is 7.78. The van der Waals surface area contributed by atoms with E-state index >= 15 is 0 Å². The number of rotatable bonds is 5. The number of carbonyl (C=O) groups is 2. The summed E-state index contributed by atoms with van der Waals surface area (Å²) < 4.78 is 0. The summed E-state index contributed by atoms with van der Waals surface area (Å²) in [5, 5.41) is 2.99. The summed E-state index contributed by atoms with van der Waals surface area (Å²) in [5.41, 5.74) is 2.90. The molecule has 0 bridgehead atoms. The van der Waals surface area contributed by atoms with Crippen LogP contribution in [-0.4, -0.2) is 36.3 Å². The quantitative estimate of drug-likeness (QED) is 0.903. The molecular weight excluding hydrogens is 300 g/mol. The molecule has 0 heterocycles. The number of amides is 2. The van der Waals surface area contributed by atoms with Gasteiger partial charge in [-0.15, -0.1) is 0 Å². The molecule has 4 rings (SSSR count). The van der Waals surface area contributed by atoms with Gasteiger partial charge in [0.1, 0.15) is 0 Å².